The number of piperidine rings is 1. The number of aryl methyl sites for hydroxylation is 2. The third-order valence-electron chi connectivity index (χ3n) is 7.49. The quantitative estimate of drug-likeness (QED) is 0.319. The van der Waals surface area contributed by atoms with Gasteiger partial charge in [-0.15, -0.1) is 0 Å². The van der Waals surface area contributed by atoms with Gasteiger partial charge in [-0.3, -0.25) is 9.59 Å². The molecule has 2 aromatic rings. The Balaban J connectivity index is 0.000000183. The first-order chi connectivity index (χ1) is 19.6. The van der Waals surface area contributed by atoms with Crippen molar-refractivity contribution in [3.05, 3.63) is 53.2 Å². The number of benzene rings is 1. The second-order valence-electron chi connectivity index (χ2n) is 11.1. The molecule has 0 atom stereocenters. The van der Waals surface area contributed by atoms with E-state index in [0.717, 1.165) is 24.3 Å². The van der Waals surface area contributed by atoms with E-state index in [1.54, 1.807) is 18.2 Å². The fraction of sp³-hybridized carbons (Fsp3) is 0.581. The molecule has 3 aliphatic rings. The lowest BCUT2D eigenvalue weighted by atomic mass is 9.77. The van der Waals surface area contributed by atoms with Crippen LogP contribution in [0.25, 0.3) is 0 Å². The van der Waals surface area contributed by atoms with Gasteiger partial charge in [-0.25, -0.2) is 13.8 Å². The Bertz CT molecular complexity index is 1100. The standard InChI is InChI=1S/C16H25N3.C10H11F2N.C5H9NO3/c1-2-11-19(12-3-1)13-5-7-15-9-8-14-6-4-10-17-16(14)18-15;11-10(12)5-8(6-10)7-2-1-3-9(13)4-7;1-4(7)6-3-2-5(8)9/h8-9H,1-7,10-13H2,(H,17,18);1-4,8H,5-6,13H2;2-3H2,1H3,(H,6,7)(H,8,9). The zero-order valence-electron chi connectivity index (χ0n) is 24.1. The van der Waals surface area contributed by atoms with Gasteiger partial charge in [0.2, 0.25) is 11.8 Å². The number of amides is 1. The maximum Gasteiger partial charge on any atom is 0.305 e. The number of pyridine rings is 1. The topological polar surface area (TPSA) is 121 Å². The van der Waals surface area contributed by atoms with Crippen molar-refractivity contribution in [3.8, 4) is 0 Å². The summed E-state index contributed by atoms with van der Waals surface area (Å²) < 4.78 is 25.1. The second kappa shape index (κ2) is 16.2. The normalized spacial score (nSPS) is 17.7. The highest BCUT2D eigenvalue weighted by atomic mass is 19.3. The van der Waals surface area contributed by atoms with Gasteiger partial charge in [-0.1, -0.05) is 24.6 Å². The number of rotatable bonds is 8. The van der Waals surface area contributed by atoms with Crippen LogP contribution >= 0.6 is 0 Å². The van der Waals surface area contributed by atoms with Gasteiger partial charge >= 0.3 is 5.97 Å². The summed E-state index contributed by atoms with van der Waals surface area (Å²) in [6.45, 7) is 6.49. The number of fused-ring (bicyclic) bond motifs is 1. The smallest absolute Gasteiger partial charge is 0.305 e. The highest BCUT2D eigenvalue weighted by molar-refractivity contribution is 5.74. The van der Waals surface area contributed by atoms with Crippen LogP contribution in [0.5, 0.6) is 0 Å². The number of likely N-dealkylation sites (tertiary alicyclic amines) is 1. The van der Waals surface area contributed by atoms with Crippen LogP contribution in [0.1, 0.15) is 81.0 Å². The van der Waals surface area contributed by atoms with Crippen LogP contribution in [-0.2, 0) is 22.4 Å². The van der Waals surface area contributed by atoms with Gasteiger partial charge in [0.05, 0.1) is 6.42 Å². The molecule has 0 spiro atoms. The Morgan fingerprint density at radius 1 is 1.15 bits per heavy atom. The van der Waals surface area contributed by atoms with E-state index in [-0.39, 0.29) is 37.6 Å². The highest BCUT2D eigenvalue weighted by Crippen LogP contribution is 2.48. The van der Waals surface area contributed by atoms with Gasteiger partial charge in [-0.2, -0.15) is 0 Å². The summed E-state index contributed by atoms with van der Waals surface area (Å²) in [5.41, 5.74) is 9.79. The maximum atomic E-state index is 12.5. The van der Waals surface area contributed by atoms with Gasteiger partial charge in [0.15, 0.2) is 0 Å². The van der Waals surface area contributed by atoms with Crippen molar-refractivity contribution in [1.82, 2.24) is 15.2 Å². The molecule has 0 bridgehead atoms. The fourth-order valence-corrected chi connectivity index (χ4v) is 5.23. The number of anilines is 2. The molecule has 1 aromatic heterocycles. The molecule has 5 rings (SSSR count). The SMILES string of the molecule is CC(=O)NCCC(=O)O.Nc1cccc(C2CC(F)(F)C2)c1.c1cc2c(nc1CCCN1CCCCC1)NCCC2. The monoisotopic (exact) mass is 573 g/mol. The van der Waals surface area contributed by atoms with Crippen molar-refractivity contribution in [3.63, 3.8) is 0 Å². The Morgan fingerprint density at radius 3 is 2.56 bits per heavy atom. The minimum absolute atomic E-state index is 0.00139. The number of carbonyl (C=O) groups is 2. The molecule has 5 N–H and O–H groups in total. The molecule has 1 saturated carbocycles. The number of carbonyl (C=O) groups excluding carboxylic acids is 1. The number of carboxylic acid groups (broad SMARTS) is 1. The average molecular weight is 574 g/mol. The Labute approximate surface area is 242 Å². The van der Waals surface area contributed by atoms with Crippen LogP contribution in [0.2, 0.25) is 0 Å². The summed E-state index contributed by atoms with van der Waals surface area (Å²) in [4.78, 5) is 27.3. The lowest BCUT2D eigenvalue weighted by molar-refractivity contribution is -0.136. The number of hydrogen-bond donors (Lipinski definition) is 4. The van der Waals surface area contributed by atoms with Crippen LogP contribution in [0.15, 0.2) is 36.4 Å². The van der Waals surface area contributed by atoms with Crippen LogP contribution in [-0.4, -0.2) is 65.5 Å². The van der Waals surface area contributed by atoms with E-state index in [1.165, 1.54) is 76.3 Å². The number of alkyl halides is 2. The third-order valence-corrected chi connectivity index (χ3v) is 7.49. The molecule has 226 valence electrons. The zero-order valence-corrected chi connectivity index (χ0v) is 24.1. The van der Waals surface area contributed by atoms with Crippen molar-refractivity contribution >= 4 is 23.4 Å². The van der Waals surface area contributed by atoms with Crippen molar-refractivity contribution in [2.75, 3.05) is 43.8 Å². The summed E-state index contributed by atoms with van der Waals surface area (Å²) in [6.07, 6.45) is 8.91. The molecule has 41 heavy (non-hydrogen) atoms. The van der Waals surface area contributed by atoms with Gasteiger partial charge in [0, 0.05) is 44.2 Å². The molecule has 3 heterocycles. The highest BCUT2D eigenvalue weighted by Gasteiger charge is 2.45. The number of nitrogens with two attached hydrogens (primary N) is 1. The van der Waals surface area contributed by atoms with Crippen LogP contribution in [0.3, 0.4) is 0 Å². The van der Waals surface area contributed by atoms with Crippen LogP contribution < -0.4 is 16.4 Å². The largest absolute Gasteiger partial charge is 0.481 e. The van der Waals surface area contributed by atoms with E-state index < -0.39 is 11.9 Å². The molecule has 1 saturated heterocycles. The first-order valence-corrected chi connectivity index (χ1v) is 14.8. The Morgan fingerprint density at radius 2 is 1.90 bits per heavy atom. The summed E-state index contributed by atoms with van der Waals surface area (Å²) >= 11 is 0. The van der Waals surface area contributed by atoms with Gasteiger partial charge in [0.1, 0.15) is 5.82 Å². The maximum absolute atomic E-state index is 12.5. The number of hydrogen-bond acceptors (Lipinski definition) is 6. The number of carboxylic acids is 1. The van der Waals surface area contributed by atoms with E-state index >= 15 is 0 Å². The van der Waals surface area contributed by atoms with Gasteiger partial charge in [0.25, 0.3) is 0 Å². The molecule has 1 amide bonds. The summed E-state index contributed by atoms with van der Waals surface area (Å²) in [7, 11) is 0. The fourth-order valence-electron chi connectivity index (χ4n) is 5.23. The predicted octanol–water partition coefficient (Wildman–Crippen LogP) is 5.24. The molecule has 1 aromatic carbocycles. The van der Waals surface area contributed by atoms with Gasteiger partial charge < -0.3 is 26.4 Å². The molecule has 1 aliphatic carbocycles. The number of nitrogen functional groups attached to an aromatic ring is 1. The number of aromatic nitrogens is 1. The molecular weight excluding hydrogens is 528 g/mol. The minimum atomic E-state index is -2.45. The molecule has 2 fully saturated rings. The molecule has 0 radical (unpaired) electrons. The van der Waals surface area contributed by atoms with Crippen LogP contribution in [0.4, 0.5) is 20.3 Å². The van der Waals surface area contributed by atoms with E-state index in [0.29, 0.717) is 5.69 Å². The summed E-state index contributed by atoms with van der Waals surface area (Å²) in [5.74, 6) is -2.41. The first-order valence-electron chi connectivity index (χ1n) is 14.8. The molecule has 2 aliphatic heterocycles. The van der Waals surface area contributed by atoms with Crippen molar-refractivity contribution in [2.45, 2.75) is 83.0 Å². The lowest BCUT2D eigenvalue weighted by Crippen LogP contribution is -2.33. The summed E-state index contributed by atoms with van der Waals surface area (Å²) in [6, 6.07) is 11.7. The van der Waals surface area contributed by atoms with E-state index in [9.17, 15) is 18.4 Å². The number of nitrogens with zero attached hydrogens (tertiary/aromatic N) is 2. The third kappa shape index (κ3) is 12.0. The van der Waals surface area contributed by atoms with E-state index in [1.807, 2.05) is 6.07 Å². The second-order valence-corrected chi connectivity index (χ2v) is 11.1. The minimum Gasteiger partial charge on any atom is -0.481 e. The average Bonchev–Trinajstić information content (AvgIpc) is 2.92. The van der Waals surface area contributed by atoms with E-state index in [2.05, 4.69) is 27.7 Å². The zero-order chi connectivity index (χ0) is 29.7. The number of aliphatic carboxylic acids is 1. The molecule has 10 heteroatoms. The lowest BCUT2D eigenvalue weighted by Gasteiger charge is -2.35. The predicted molar refractivity (Wildman–Crippen MR) is 158 cm³/mol. The molecular formula is C31H45F2N5O3. The Hall–Kier alpha value is -3.27. The first kappa shape index (κ1) is 32.2. The number of halogens is 2. The van der Waals surface area contributed by atoms with Crippen molar-refractivity contribution in [2.24, 2.45) is 0 Å². The van der Waals surface area contributed by atoms with Crippen molar-refractivity contribution in [1.29, 1.82) is 0 Å². The van der Waals surface area contributed by atoms with E-state index in [4.69, 9.17) is 15.8 Å². The van der Waals surface area contributed by atoms with Crippen LogP contribution in [0, 0.1) is 0 Å². The van der Waals surface area contributed by atoms with Crippen molar-refractivity contribution < 1.29 is 23.5 Å². The van der Waals surface area contributed by atoms with Gasteiger partial charge in [-0.05, 0) is 93.4 Å². The molecule has 8 nitrogen and oxygen atoms in total. The number of nitrogens with one attached hydrogen (secondary N) is 2. The molecule has 0 unspecified atom stereocenters. The Kier molecular flexibility index (Phi) is 12.8. The summed E-state index contributed by atoms with van der Waals surface area (Å²) in [5, 5.41) is 13.9.